The van der Waals surface area contributed by atoms with Crippen LogP contribution in [0.1, 0.15) is 23.3 Å². The number of aliphatic carboxylic acids is 1. The summed E-state index contributed by atoms with van der Waals surface area (Å²) in [7, 11) is 0. The predicted octanol–water partition coefficient (Wildman–Crippen LogP) is 3.72. The molecule has 8 heteroatoms. The molecule has 1 aromatic heterocycles. The minimum Gasteiger partial charge on any atom is -0.493 e. The lowest BCUT2D eigenvalue weighted by Gasteiger charge is -2.02. The molecular formula is C17H15N3O3S2. The molecule has 0 atom stereocenters. The lowest BCUT2D eigenvalue weighted by Crippen LogP contribution is -2.01. The van der Waals surface area contributed by atoms with E-state index in [1.165, 1.54) is 11.3 Å². The fourth-order valence-corrected chi connectivity index (χ4v) is 3.64. The minimum atomic E-state index is -0.867. The summed E-state index contributed by atoms with van der Waals surface area (Å²) in [5, 5.41) is 19.0. The van der Waals surface area contributed by atoms with Crippen molar-refractivity contribution in [3.05, 3.63) is 50.4 Å². The summed E-state index contributed by atoms with van der Waals surface area (Å²) in [4.78, 5) is 19.9. The van der Waals surface area contributed by atoms with Crippen LogP contribution >= 0.6 is 23.6 Å². The van der Waals surface area contributed by atoms with E-state index in [1.807, 2.05) is 30.3 Å². The Morgan fingerprint density at radius 1 is 1.32 bits per heavy atom. The lowest BCUT2D eigenvalue weighted by molar-refractivity contribution is -0.137. The van der Waals surface area contributed by atoms with Gasteiger partial charge in [-0.15, -0.1) is 11.3 Å². The Kier molecular flexibility index (Phi) is 5.20. The molecule has 0 fully saturated rings. The van der Waals surface area contributed by atoms with Crippen LogP contribution in [-0.2, 0) is 11.3 Å². The summed E-state index contributed by atoms with van der Waals surface area (Å²) in [6.07, 6.45) is 3.80. The molecule has 128 valence electrons. The second kappa shape index (κ2) is 7.54. The van der Waals surface area contributed by atoms with E-state index in [1.54, 1.807) is 16.9 Å². The van der Waals surface area contributed by atoms with Gasteiger partial charge in [-0.25, -0.2) is 9.98 Å². The van der Waals surface area contributed by atoms with Gasteiger partial charge in [0.25, 0.3) is 0 Å². The maximum atomic E-state index is 10.6. The number of amidine groups is 1. The third kappa shape index (κ3) is 4.09. The molecule has 0 saturated carbocycles. The van der Waals surface area contributed by atoms with Crippen LogP contribution in [0.25, 0.3) is 6.08 Å². The molecule has 1 aliphatic heterocycles. The van der Waals surface area contributed by atoms with Gasteiger partial charge in [0.05, 0.1) is 16.8 Å². The van der Waals surface area contributed by atoms with E-state index in [-0.39, 0.29) is 12.3 Å². The van der Waals surface area contributed by atoms with Gasteiger partial charge in [0.2, 0.25) is 5.88 Å². The van der Waals surface area contributed by atoms with Crippen LogP contribution < -0.4 is 0 Å². The highest BCUT2D eigenvalue weighted by atomic mass is 32.1. The van der Waals surface area contributed by atoms with Crippen molar-refractivity contribution in [3.8, 4) is 5.88 Å². The second-order valence-corrected chi connectivity index (χ2v) is 7.01. The van der Waals surface area contributed by atoms with Crippen LogP contribution in [0.5, 0.6) is 5.88 Å². The number of carboxylic acid groups (broad SMARTS) is 1. The number of nitrogens with zero attached hydrogens (tertiary/aromatic N) is 3. The first-order chi connectivity index (χ1) is 12.0. The molecular weight excluding hydrogens is 358 g/mol. The standard InChI is InChI=1S/C17H15N3O3S2/c21-14(22)7-4-8-20-16(23)13(25-17(20)24)9-12-10-18-15(19-12)11-5-2-1-3-6-11/h1-3,5-6,9-10,23H,4,7-8H2,(H,21,22). The number of carboxylic acids is 1. The summed E-state index contributed by atoms with van der Waals surface area (Å²) in [6.45, 7) is 0.364. The molecule has 25 heavy (non-hydrogen) atoms. The molecule has 6 nitrogen and oxygen atoms in total. The first kappa shape index (κ1) is 17.2. The highest BCUT2D eigenvalue weighted by Gasteiger charge is 2.13. The molecule has 2 aromatic rings. The number of aromatic nitrogens is 1. The zero-order valence-corrected chi connectivity index (χ0v) is 14.8. The molecule has 0 aliphatic carbocycles. The van der Waals surface area contributed by atoms with Crippen molar-refractivity contribution in [1.29, 1.82) is 0 Å². The van der Waals surface area contributed by atoms with Crippen molar-refractivity contribution >= 4 is 47.7 Å². The van der Waals surface area contributed by atoms with E-state index in [2.05, 4.69) is 9.98 Å². The maximum Gasteiger partial charge on any atom is 0.303 e. The monoisotopic (exact) mass is 373 g/mol. The maximum absolute atomic E-state index is 10.6. The van der Waals surface area contributed by atoms with Gasteiger partial charge in [-0.1, -0.05) is 30.3 Å². The quantitative estimate of drug-likeness (QED) is 0.756. The smallest absolute Gasteiger partial charge is 0.303 e. The normalized spacial score (nSPS) is 14.9. The molecule has 0 unspecified atom stereocenters. The van der Waals surface area contributed by atoms with E-state index < -0.39 is 5.97 Å². The summed E-state index contributed by atoms with van der Waals surface area (Å²) >= 11 is 6.51. The van der Waals surface area contributed by atoms with Gasteiger partial charge in [-0.3, -0.25) is 9.36 Å². The summed E-state index contributed by atoms with van der Waals surface area (Å²) in [6, 6.07) is 9.63. The zero-order valence-electron chi connectivity index (χ0n) is 13.1. The summed E-state index contributed by atoms with van der Waals surface area (Å²) < 4.78 is 2.04. The third-order valence-corrected chi connectivity index (χ3v) is 4.92. The minimum absolute atomic E-state index is 0.0321. The Hall–Kier alpha value is -2.58. The average Bonchev–Trinajstić information content (AvgIpc) is 3.16. The van der Waals surface area contributed by atoms with E-state index >= 15 is 0 Å². The summed E-state index contributed by atoms with van der Waals surface area (Å²) in [5.74, 6) is -0.214. The van der Waals surface area contributed by atoms with Crippen LogP contribution in [0.15, 0.2) is 46.0 Å². The molecule has 2 heterocycles. The van der Waals surface area contributed by atoms with Gasteiger partial charge in [-0.05, 0) is 24.7 Å². The fourth-order valence-electron chi connectivity index (χ4n) is 2.33. The van der Waals surface area contributed by atoms with Crippen LogP contribution in [-0.4, -0.2) is 32.8 Å². The number of carbonyl (C=O) groups is 1. The molecule has 0 bridgehead atoms. The number of aromatic hydroxyl groups is 1. The average molecular weight is 373 g/mol. The molecule has 0 saturated heterocycles. The Labute approximate surface area is 153 Å². The van der Waals surface area contributed by atoms with Gasteiger partial charge in [0, 0.05) is 18.5 Å². The topological polar surface area (TPSA) is 87.2 Å². The largest absolute Gasteiger partial charge is 0.493 e. The number of allylic oxidation sites excluding steroid dienone is 1. The van der Waals surface area contributed by atoms with Gasteiger partial charge >= 0.3 is 5.97 Å². The van der Waals surface area contributed by atoms with Crippen LogP contribution in [0.4, 0.5) is 0 Å². The van der Waals surface area contributed by atoms with E-state index in [0.717, 1.165) is 5.56 Å². The SMILES string of the molecule is O=C(O)CCCn1c(O)c(C=C2C=NC(c3ccccc3)=N2)sc1=S. The Morgan fingerprint density at radius 3 is 2.80 bits per heavy atom. The molecule has 3 rings (SSSR count). The van der Waals surface area contributed by atoms with Crippen LogP contribution in [0.3, 0.4) is 0 Å². The Balaban J connectivity index is 1.81. The fraction of sp³-hybridized carbons (Fsp3) is 0.176. The number of benzene rings is 1. The van der Waals surface area contributed by atoms with E-state index in [0.29, 0.717) is 33.3 Å². The number of rotatable bonds is 6. The van der Waals surface area contributed by atoms with Gasteiger partial charge in [-0.2, -0.15) is 0 Å². The summed E-state index contributed by atoms with van der Waals surface area (Å²) in [5.41, 5.74) is 1.55. The van der Waals surface area contributed by atoms with Gasteiger partial charge < -0.3 is 10.2 Å². The molecule has 0 spiro atoms. The van der Waals surface area contributed by atoms with E-state index in [4.69, 9.17) is 17.3 Å². The van der Waals surface area contributed by atoms with E-state index in [9.17, 15) is 9.90 Å². The van der Waals surface area contributed by atoms with Crippen molar-refractivity contribution in [1.82, 2.24) is 4.57 Å². The van der Waals surface area contributed by atoms with Crippen LogP contribution in [0, 0.1) is 3.95 Å². The number of hydrogen-bond donors (Lipinski definition) is 2. The first-order valence-electron chi connectivity index (χ1n) is 7.59. The van der Waals surface area contributed by atoms with Gasteiger partial charge in [0.15, 0.2) is 9.79 Å². The first-order valence-corrected chi connectivity index (χ1v) is 8.81. The van der Waals surface area contributed by atoms with Crippen molar-refractivity contribution in [3.63, 3.8) is 0 Å². The van der Waals surface area contributed by atoms with Crippen LogP contribution in [0.2, 0.25) is 0 Å². The highest BCUT2D eigenvalue weighted by Crippen LogP contribution is 2.29. The van der Waals surface area contributed by atoms with Crippen molar-refractivity contribution < 1.29 is 15.0 Å². The number of aliphatic imine (C=N–C) groups is 2. The highest BCUT2D eigenvalue weighted by molar-refractivity contribution is 7.73. The molecule has 1 aromatic carbocycles. The van der Waals surface area contributed by atoms with Crippen molar-refractivity contribution in [2.75, 3.05) is 0 Å². The van der Waals surface area contributed by atoms with Gasteiger partial charge in [0.1, 0.15) is 0 Å². The second-order valence-electron chi connectivity index (χ2n) is 5.33. The number of thiazole rings is 1. The molecule has 0 amide bonds. The molecule has 1 aliphatic rings. The Bertz CT molecular complexity index is 940. The Morgan fingerprint density at radius 2 is 2.08 bits per heavy atom. The van der Waals surface area contributed by atoms with Crippen molar-refractivity contribution in [2.24, 2.45) is 9.98 Å². The molecule has 0 radical (unpaired) electrons. The third-order valence-electron chi connectivity index (χ3n) is 3.53. The lowest BCUT2D eigenvalue weighted by atomic mass is 10.2. The predicted molar refractivity (Wildman–Crippen MR) is 101 cm³/mol. The zero-order chi connectivity index (χ0) is 17.8. The number of hydrogen-bond acceptors (Lipinski definition) is 6. The van der Waals surface area contributed by atoms with Crippen molar-refractivity contribution in [2.45, 2.75) is 19.4 Å². The molecule has 2 N–H and O–H groups in total.